The van der Waals surface area contributed by atoms with Gasteiger partial charge in [-0.3, -0.25) is 5.32 Å². The van der Waals surface area contributed by atoms with Crippen LogP contribution in [-0.2, 0) is 0 Å². The summed E-state index contributed by atoms with van der Waals surface area (Å²) in [5.74, 6) is 0. The predicted molar refractivity (Wildman–Crippen MR) is 42.3 cm³/mol. The number of aliphatic imine (C=N–C) groups is 1. The Morgan fingerprint density at radius 3 is 3.30 bits per heavy atom. The number of rotatable bonds is 0. The summed E-state index contributed by atoms with van der Waals surface area (Å²) in [6, 6.07) is 0.655. The minimum atomic E-state index is 0.655. The number of hydrogen-bond donors (Lipinski definition) is 1. The van der Waals surface area contributed by atoms with Crippen LogP contribution in [0.2, 0.25) is 0 Å². The third-order valence-corrected chi connectivity index (χ3v) is 2.40. The lowest BCUT2D eigenvalue weighted by molar-refractivity contribution is 0.488. The van der Waals surface area contributed by atoms with Gasteiger partial charge in [-0.1, -0.05) is 6.42 Å². The first-order chi connectivity index (χ1) is 4.97. The molecule has 2 rings (SSSR count). The van der Waals surface area contributed by atoms with Crippen LogP contribution in [-0.4, -0.2) is 24.8 Å². The summed E-state index contributed by atoms with van der Waals surface area (Å²) in [5.41, 5.74) is 1.44. The minimum absolute atomic E-state index is 0.655. The Morgan fingerprint density at radius 1 is 1.40 bits per heavy atom. The fraction of sp³-hybridized carbons (Fsp3) is 0.875. The number of fused-ring (bicyclic) bond motifs is 1. The normalized spacial score (nSPS) is 32.8. The van der Waals surface area contributed by atoms with E-state index in [9.17, 15) is 0 Å². The molecule has 0 spiro atoms. The second kappa shape index (κ2) is 2.70. The molecule has 1 aliphatic carbocycles. The van der Waals surface area contributed by atoms with Crippen molar-refractivity contribution in [2.24, 2.45) is 0 Å². The van der Waals surface area contributed by atoms with Gasteiger partial charge in [-0.25, -0.2) is 0 Å². The molecule has 1 heterocycles. The van der Waals surface area contributed by atoms with Crippen LogP contribution in [0.1, 0.15) is 25.7 Å². The molecule has 0 bridgehead atoms. The van der Waals surface area contributed by atoms with Gasteiger partial charge in [-0.15, -0.1) is 0 Å². The molecule has 0 saturated heterocycles. The van der Waals surface area contributed by atoms with Crippen LogP contribution in [0.4, 0.5) is 0 Å². The summed E-state index contributed by atoms with van der Waals surface area (Å²) >= 11 is 0. The van der Waals surface area contributed by atoms with E-state index in [0.29, 0.717) is 6.04 Å². The molecule has 2 nitrogen and oxygen atoms in total. The number of hydrogen-bond acceptors (Lipinski definition) is 2. The van der Waals surface area contributed by atoms with E-state index < -0.39 is 0 Å². The van der Waals surface area contributed by atoms with Crippen molar-refractivity contribution in [3.05, 3.63) is 0 Å². The Bertz CT molecular complexity index is 151. The zero-order chi connectivity index (χ0) is 6.81. The van der Waals surface area contributed by atoms with Gasteiger partial charge >= 0.3 is 0 Å². The lowest BCUT2D eigenvalue weighted by Crippen LogP contribution is -2.47. The highest BCUT2D eigenvalue weighted by molar-refractivity contribution is 5.89. The fourth-order valence-electron chi connectivity index (χ4n) is 1.84. The van der Waals surface area contributed by atoms with E-state index in [1.54, 1.807) is 0 Å². The number of nitrogens with one attached hydrogen (secondary N) is 1. The predicted octanol–water partition coefficient (Wildman–Crippen LogP) is 0.309. The lowest BCUT2D eigenvalue weighted by Gasteiger charge is -2.20. The summed E-state index contributed by atoms with van der Waals surface area (Å²) in [7, 11) is 0. The molecule has 1 saturated carbocycles. The Morgan fingerprint density at radius 2 is 2.40 bits per heavy atom. The van der Waals surface area contributed by atoms with Gasteiger partial charge in [0.15, 0.2) is 0 Å². The largest absolute Gasteiger partial charge is 0.299 e. The molecule has 1 atom stereocenters. The van der Waals surface area contributed by atoms with Gasteiger partial charge in [-0.2, -0.15) is 0 Å². The summed E-state index contributed by atoms with van der Waals surface area (Å²) in [4.78, 5) is 4.51. The first-order valence-electron chi connectivity index (χ1n) is 4.23. The van der Waals surface area contributed by atoms with Gasteiger partial charge in [-0.05, 0) is 12.8 Å². The van der Waals surface area contributed by atoms with Crippen molar-refractivity contribution in [3.8, 4) is 0 Å². The van der Waals surface area contributed by atoms with Gasteiger partial charge in [0.25, 0.3) is 0 Å². The van der Waals surface area contributed by atoms with Crippen LogP contribution >= 0.6 is 0 Å². The highest BCUT2D eigenvalue weighted by Gasteiger charge is 2.29. The van der Waals surface area contributed by atoms with E-state index in [2.05, 4.69) is 10.3 Å². The van der Waals surface area contributed by atoms with Crippen LogP contribution in [0.15, 0.2) is 0 Å². The maximum atomic E-state index is 4.51. The first kappa shape index (κ1) is 6.35. The summed E-state index contributed by atoms with van der Waals surface area (Å²) < 4.78 is 0. The van der Waals surface area contributed by atoms with E-state index >= 15 is 0 Å². The Balaban J connectivity index is 2.08. The Hall–Kier alpha value is -0.370. The average Bonchev–Trinajstić information content (AvgIpc) is 2.05. The highest BCUT2D eigenvalue weighted by Crippen LogP contribution is 2.15. The standard InChI is InChI=1S/C8H14N2/c1-2-4-8-7(3-1)9-5-6-10-8/h7,9H,1-6H2/q+1. The van der Waals surface area contributed by atoms with E-state index in [1.807, 2.05) is 0 Å². The SMILES string of the molecule is C1CCC2NCC[N+]=C2C1. The van der Waals surface area contributed by atoms with E-state index in [0.717, 1.165) is 13.1 Å². The fourth-order valence-corrected chi connectivity index (χ4v) is 1.84. The van der Waals surface area contributed by atoms with Gasteiger partial charge < -0.3 is 0 Å². The molecule has 0 aromatic heterocycles. The second-order valence-electron chi connectivity index (χ2n) is 3.13. The molecule has 2 aliphatic rings. The molecule has 2 heteroatoms. The first-order valence-corrected chi connectivity index (χ1v) is 4.23. The summed E-state index contributed by atoms with van der Waals surface area (Å²) in [6.07, 6.45) is 5.31. The summed E-state index contributed by atoms with van der Waals surface area (Å²) in [5, 5.41) is 3.49. The van der Waals surface area contributed by atoms with Crippen molar-refractivity contribution >= 4 is 5.71 Å². The lowest BCUT2D eigenvalue weighted by atomic mass is 9.92. The molecular weight excluding hydrogens is 124 g/mol. The zero-order valence-electron chi connectivity index (χ0n) is 6.27. The topological polar surface area (TPSA) is 26.1 Å². The third-order valence-electron chi connectivity index (χ3n) is 2.40. The van der Waals surface area contributed by atoms with Gasteiger partial charge in [0.2, 0.25) is 12.3 Å². The van der Waals surface area contributed by atoms with Crippen molar-refractivity contribution in [1.82, 2.24) is 10.3 Å². The van der Waals surface area contributed by atoms with Crippen molar-refractivity contribution in [1.29, 1.82) is 0 Å². The molecule has 0 amide bonds. The number of nitrogens with zero attached hydrogens (tertiary/aromatic N) is 1. The monoisotopic (exact) mass is 138 g/mol. The molecule has 10 heavy (non-hydrogen) atoms. The summed E-state index contributed by atoms with van der Waals surface area (Å²) in [6.45, 7) is 2.10. The molecule has 1 radical (unpaired) electrons. The third kappa shape index (κ3) is 1.08. The molecule has 1 unspecified atom stereocenters. The maximum absolute atomic E-state index is 4.51. The van der Waals surface area contributed by atoms with Crippen LogP contribution < -0.4 is 10.3 Å². The smallest absolute Gasteiger partial charge is 0.240 e. The van der Waals surface area contributed by atoms with Crippen LogP contribution in [0, 0.1) is 0 Å². The van der Waals surface area contributed by atoms with Crippen molar-refractivity contribution < 1.29 is 0 Å². The van der Waals surface area contributed by atoms with Crippen LogP contribution in [0.25, 0.3) is 0 Å². The van der Waals surface area contributed by atoms with Gasteiger partial charge in [0.05, 0.1) is 12.6 Å². The quantitative estimate of drug-likeness (QED) is 0.512. The van der Waals surface area contributed by atoms with Crippen molar-refractivity contribution in [3.63, 3.8) is 0 Å². The van der Waals surface area contributed by atoms with Gasteiger partial charge in [0, 0.05) is 11.4 Å². The van der Waals surface area contributed by atoms with Crippen LogP contribution in [0.5, 0.6) is 0 Å². The van der Waals surface area contributed by atoms with Crippen LogP contribution in [0.3, 0.4) is 0 Å². The minimum Gasteiger partial charge on any atom is -0.299 e. The second-order valence-corrected chi connectivity index (χ2v) is 3.13. The molecular formula is C8H14N2+. The molecule has 1 aliphatic heterocycles. The Kier molecular flexibility index (Phi) is 1.72. The Labute approximate surface area is 61.7 Å². The highest BCUT2D eigenvalue weighted by atomic mass is 15.0. The van der Waals surface area contributed by atoms with E-state index in [-0.39, 0.29) is 0 Å². The van der Waals surface area contributed by atoms with Gasteiger partial charge in [0.1, 0.15) is 0 Å². The maximum Gasteiger partial charge on any atom is 0.240 e. The zero-order valence-corrected chi connectivity index (χ0v) is 6.27. The molecule has 1 N–H and O–H groups in total. The average molecular weight is 138 g/mol. The van der Waals surface area contributed by atoms with Crippen molar-refractivity contribution in [2.45, 2.75) is 31.7 Å². The molecule has 1 fully saturated rings. The van der Waals surface area contributed by atoms with Crippen molar-refractivity contribution in [2.75, 3.05) is 13.1 Å². The van der Waals surface area contributed by atoms with E-state index in [1.165, 1.54) is 31.4 Å². The molecule has 0 aromatic rings. The molecule has 0 aromatic carbocycles. The van der Waals surface area contributed by atoms with E-state index in [4.69, 9.17) is 0 Å². The molecule has 55 valence electrons.